The van der Waals surface area contributed by atoms with Crippen molar-refractivity contribution in [1.82, 2.24) is 9.80 Å². The number of fused-ring (bicyclic) bond motifs is 1. The smallest absolute Gasteiger partial charge is 0.254 e. The Morgan fingerprint density at radius 2 is 1.75 bits per heavy atom. The minimum Gasteiger partial charge on any atom is -0.454 e. The number of ether oxygens (including phenoxy) is 2. The molecule has 1 saturated heterocycles. The van der Waals surface area contributed by atoms with E-state index in [0.29, 0.717) is 54.0 Å². The normalized spacial score (nSPS) is 16.1. The number of carbonyl (C=O) groups is 2. The molecule has 4 rings (SSSR count). The summed E-state index contributed by atoms with van der Waals surface area (Å²) in [5.41, 5.74) is 1.18. The number of rotatable bonds is 4. The van der Waals surface area contributed by atoms with E-state index in [9.17, 15) is 9.59 Å². The summed E-state index contributed by atoms with van der Waals surface area (Å²) in [4.78, 5) is 28.8. The third-order valence-electron chi connectivity index (χ3n) is 4.79. The molecule has 0 bridgehead atoms. The first-order chi connectivity index (χ1) is 13.6. The summed E-state index contributed by atoms with van der Waals surface area (Å²) in [6.07, 6.45) is 0. The van der Waals surface area contributed by atoms with E-state index in [-0.39, 0.29) is 25.2 Å². The molecule has 2 amide bonds. The van der Waals surface area contributed by atoms with Gasteiger partial charge in [-0.1, -0.05) is 23.7 Å². The second-order valence-electron chi connectivity index (χ2n) is 6.66. The summed E-state index contributed by atoms with van der Waals surface area (Å²) < 4.78 is 10.6. The standard InChI is InChI=1S/C20H20ClN3O4/c21-15-3-1-2-4-16(15)22-19(25)12-23-7-9-24(10-8-23)20(26)14-5-6-17-18(11-14)28-13-27-17/h1-6,11H,7-10,12-13H2,(H,22,25). The Morgan fingerprint density at radius 3 is 2.54 bits per heavy atom. The number of hydrogen-bond donors (Lipinski definition) is 1. The molecule has 0 saturated carbocycles. The summed E-state index contributed by atoms with van der Waals surface area (Å²) in [5.74, 6) is 1.09. The first kappa shape index (κ1) is 18.6. The fourth-order valence-electron chi connectivity index (χ4n) is 3.28. The van der Waals surface area contributed by atoms with Gasteiger partial charge in [-0.15, -0.1) is 0 Å². The van der Waals surface area contributed by atoms with Crippen molar-refractivity contribution in [2.75, 3.05) is 44.8 Å². The summed E-state index contributed by atoms with van der Waals surface area (Å²) >= 11 is 6.07. The topological polar surface area (TPSA) is 71.1 Å². The average Bonchev–Trinajstić information content (AvgIpc) is 3.17. The van der Waals surface area contributed by atoms with Crippen molar-refractivity contribution in [3.05, 3.63) is 53.1 Å². The molecule has 0 unspecified atom stereocenters. The maximum atomic E-state index is 12.7. The number of anilines is 1. The average molecular weight is 402 g/mol. The zero-order valence-corrected chi connectivity index (χ0v) is 15.9. The molecule has 8 heteroatoms. The number of nitrogens with zero attached hydrogens (tertiary/aromatic N) is 2. The second kappa shape index (κ2) is 8.08. The Labute approximate surface area is 167 Å². The monoisotopic (exact) mass is 401 g/mol. The summed E-state index contributed by atoms with van der Waals surface area (Å²) in [7, 11) is 0. The Morgan fingerprint density at radius 1 is 1.00 bits per heavy atom. The molecule has 1 N–H and O–H groups in total. The number of para-hydroxylation sites is 1. The van der Waals surface area contributed by atoms with Crippen molar-refractivity contribution in [2.45, 2.75) is 0 Å². The summed E-state index contributed by atoms with van der Waals surface area (Å²) in [5, 5.41) is 3.33. The van der Waals surface area contributed by atoms with Crippen LogP contribution in [0.25, 0.3) is 0 Å². The molecule has 0 aliphatic carbocycles. The van der Waals surface area contributed by atoms with Gasteiger partial charge in [0.25, 0.3) is 5.91 Å². The van der Waals surface area contributed by atoms with Gasteiger partial charge < -0.3 is 19.7 Å². The van der Waals surface area contributed by atoms with Crippen LogP contribution in [0.2, 0.25) is 5.02 Å². The summed E-state index contributed by atoms with van der Waals surface area (Å²) in [6, 6.07) is 12.4. The van der Waals surface area contributed by atoms with Crippen molar-refractivity contribution >= 4 is 29.1 Å². The zero-order chi connectivity index (χ0) is 19.5. The van der Waals surface area contributed by atoms with Gasteiger partial charge in [0.05, 0.1) is 17.3 Å². The van der Waals surface area contributed by atoms with Crippen molar-refractivity contribution in [3.63, 3.8) is 0 Å². The van der Waals surface area contributed by atoms with E-state index in [0.717, 1.165) is 0 Å². The van der Waals surface area contributed by atoms with Crippen LogP contribution in [0.15, 0.2) is 42.5 Å². The molecule has 0 atom stereocenters. The maximum absolute atomic E-state index is 12.7. The Balaban J connectivity index is 1.29. The molecule has 2 heterocycles. The Hall–Kier alpha value is -2.77. The van der Waals surface area contributed by atoms with Gasteiger partial charge in [-0.2, -0.15) is 0 Å². The lowest BCUT2D eigenvalue weighted by Crippen LogP contribution is -2.50. The van der Waals surface area contributed by atoms with Gasteiger partial charge in [-0.3, -0.25) is 14.5 Å². The minimum absolute atomic E-state index is 0.0431. The molecule has 146 valence electrons. The van der Waals surface area contributed by atoms with Gasteiger partial charge in [0.1, 0.15) is 0 Å². The third-order valence-corrected chi connectivity index (χ3v) is 5.12. The van der Waals surface area contributed by atoms with E-state index in [1.54, 1.807) is 35.2 Å². The fourth-order valence-corrected chi connectivity index (χ4v) is 3.46. The molecule has 0 aromatic heterocycles. The highest BCUT2D eigenvalue weighted by molar-refractivity contribution is 6.33. The lowest BCUT2D eigenvalue weighted by molar-refractivity contribution is -0.117. The van der Waals surface area contributed by atoms with Crippen molar-refractivity contribution < 1.29 is 19.1 Å². The van der Waals surface area contributed by atoms with Crippen LogP contribution in [0.4, 0.5) is 5.69 Å². The second-order valence-corrected chi connectivity index (χ2v) is 7.07. The molecule has 2 aromatic rings. The van der Waals surface area contributed by atoms with Crippen LogP contribution in [0, 0.1) is 0 Å². The summed E-state index contributed by atoms with van der Waals surface area (Å²) in [6.45, 7) is 2.83. The van der Waals surface area contributed by atoms with Crippen molar-refractivity contribution in [3.8, 4) is 11.5 Å². The maximum Gasteiger partial charge on any atom is 0.254 e. The number of nitrogens with one attached hydrogen (secondary N) is 1. The van der Waals surface area contributed by atoms with E-state index >= 15 is 0 Å². The minimum atomic E-state index is -0.122. The number of halogens is 1. The molecule has 2 aromatic carbocycles. The van der Waals surface area contributed by atoms with E-state index in [2.05, 4.69) is 5.32 Å². The number of hydrogen-bond acceptors (Lipinski definition) is 5. The van der Waals surface area contributed by atoms with Crippen LogP contribution < -0.4 is 14.8 Å². The lowest BCUT2D eigenvalue weighted by Gasteiger charge is -2.34. The number of amides is 2. The molecule has 28 heavy (non-hydrogen) atoms. The lowest BCUT2D eigenvalue weighted by atomic mass is 10.1. The van der Waals surface area contributed by atoms with Crippen LogP contribution in [0.1, 0.15) is 10.4 Å². The van der Waals surface area contributed by atoms with E-state index in [1.165, 1.54) is 0 Å². The van der Waals surface area contributed by atoms with Crippen LogP contribution in [-0.2, 0) is 4.79 Å². The van der Waals surface area contributed by atoms with Crippen LogP contribution in [0.3, 0.4) is 0 Å². The molecule has 7 nitrogen and oxygen atoms in total. The molecule has 2 aliphatic heterocycles. The largest absolute Gasteiger partial charge is 0.454 e. The molecule has 0 radical (unpaired) electrons. The molecule has 0 spiro atoms. The first-order valence-corrected chi connectivity index (χ1v) is 9.43. The highest BCUT2D eigenvalue weighted by Crippen LogP contribution is 2.32. The number of benzene rings is 2. The Kier molecular flexibility index (Phi) is 5.36. The molecular formula is C20H20ClN3O4. The Bertz CT molecular complexity index is 897. The third kappa shape index (κ3) is 4.05. The zero-order valence-electron chi connectivity index (χ0n) is 15.2. The fraction of sp³-hybridized carbons (Fsp3) is 0.300. The molecular weight excluding hydrogens is 382 g/mol. The van der Waals surface area contributed by atoms with Crippen LogP contribution in [0.5, 0.6) is 11.5 Å². The highest BCUT2D eigenvalue weighted by atomic mass is 35.5. The number of piperazine rings is 1. The van der Waals surface area contributed by atoms with Crippen LogP contribution in [-0.4, -0.2) is 61.1 Å². The van der Waals surface area contributed by atoms with Gasteiger partial charge in [0, 0.05) is 31.7 Å². The predicted molar refractivity (Wildman–Crippen MR) is 105 cm³/mol. The molecule has 2 aliphatic rings. The predicted octanol–water partition coefficient (Wildman–Crippen LogP) is 2.47. The van der Waals surface area contributed by atoms with Crippen molar-refractivity contribution in [1.29, 1.82) is 0 Å². The van der Waals surface area contributed by atoms with Crippen LogP contribution >= 0.6 is 11.6 Å². The molecule has 1 fully saturated rings. The van der Waals surface area contributed by atoms with Crippen molar-refractivity contribution in [2.24, 2.45) is 0 Å². The van der Waals surface area contributed by atoms with Gasteiger partial charge in [-0.05, 0) is 30.3 Å². The first-order valence-electron chi connectivity index (χ1n) is 9.06. The van der Waals surface area contributed by atoms with E-state index in [4.69, 9.17) is 21.1 Å². The van der Waals surface area contributed by atoms with E-state index < -0.39 is 0 Å². The SMILES string of the molecule is O=C(CN1CCN(C(=O)c2ccc3c(c2)OCO3)CC1)Nc1ccccc1Cl. The quantitative estimate of drug-likeness (QED) is 0.852. The van der Waals surface area contributed by atoms with Gasteiger partial charge in [0.15, 0.2) is 11.5 Å². The number of carbonyl (C=O) groups excluding carboxylic acids is 2. The van der Waals surface area contributed by atoms with Gasteiger partial charge >= 0.3 is 0 Å². The van der Waals surface area contributed by atoms with E-state index in [1.807, 2.05) is 17.0 Å². The van der Waals surface area contributed by atoms with Gasteiger partial charge in [0.2, 0.25) is 12.7 Å². The highest BCUT2D eigenvalue weighted by Gasteiger charge is 2.25. The van der Waals surface area contributed by atoms with Gasteiger partial charge in [-0.25, -0.2) is 0 Å².